The lowest BCUT2D eigenvalue weighted by atomic mass is 10.1. The summed E-state index contributed by atoms with van der Waals surface area (Å²) in [5.41, 5.74) is 0.456. The Labute approximate surface area is 186 Å². The molecule has 1 amide bonds. The summed E-state index contributed by atoms with van der Waals surface area (Å²) in [6, 6.07) is 0. The first-order valence-corrected chi connectivity index (χ1v) is 10.9. The number of hydrogen-bond acceptors (Lipinski definition) is 9. The Morgan fingerprint density at radius 3 is 1.94 bits per heavy atom. The lowest BCUT2D eigenvalue weighted by Gasteiger charge is -2.07. The third-order valence-corrected chi connectivity index (χ3v) is 3.51. The van der Waals surface area contributed by atoms with Gasteiger partial charge in [-0.1, -0.05) is 27.7 Å². The van der Waals surface area contributed by atoms with Gasteiger partial charge in [-0.05, 0) is 6.92 Å². The van der Waals surface area contributed by atoms with Gasteiger partial charge in [0.15, 0.2) is 5.78 Å². The second-order valence-electron chi connectivity index (χ2n) is 6.30. The Bertz CT molecular complexity index is 498. The van der Waals surface area contributed by atoms with Crippen LogP contribution in [0.1, 0.15) is 41.0 Å². The van der Waals surface area contributed by atoms with E-state index in [0.29, 0.717) is 64.9 Å². The molecule has 0 aliphatic heterocycles. The molecule has 0 atom stereocenters. The van der Waals surface area contributed by atoms with Crippen LogP contribution in [0.3, 0.4) is 0 Å². The van der Waals surface area contributed by atoms with Gasteiger partial charge in [0.05, 0.1) is 59.4 Å². The minimum absolute atomic E-state index is 0.0117. The highest BCUT2D eigenvalue weighted by atomic mass is 16.6. The molecule has 0 radical (unpaired) electrons. The van der Waals surface area contributed by atoms with E-state index in [2.05, 4.69) is 15.4 Å². The minimum atomic E-state index is -0.0471. The predicted molar refractivity (Wildman–Crippen MR) is 123 cm³/mol. The van der Waals surface area contributed by atoms with E-state index in [0.717, 1.165) is 0 Å². The maximum absolute atomic E-state index is 11.5. The van der Waals surface area contributed by atoms with Crippen molar-refractivity contribution in [2.45, 2.75) is 41.0 Å². The van der Waals surface area contributed by atoms with E-state index in [1.54, 1.807) is 0 Å². The van der Waals surface area contributed by atoms with Gasteiger partial charge in [-0.3, -0.25) is 14.6 Å². The maximum atomic E-state index is 11.5. The summed E-state index contributed by atoms with van der Waals surface area (Å²) in [5, 5.41) is 6.28. The average Bonchev–Trinajstić information content (AvgIpc) is 2.76. The van der Waals surface area contributed by atoms with Gasteiger partial charge in [-0.15, -0.1) is 0 Å². The normalized spacial score (nSPS) is 11.5. The van der Waals surface area contributed by atoms with E-state index in [1.807, 2.05) is 34.6 Å². The molecule has 0 aliphatic rings. The molecule has 3 N–H and O–H groups in total. The van der Waals surface area contributed by atoms with Crippen molar-refractivity contribution >= 4 is 23.6 Å². The lowest BCUT2D eigenvalue weighted by molar-refractivity contribution is -0.122. The Balaban J connectivity index is 0. The molecule has 10 nitrogen and oxygen atoms in total. The molecule has 0 bridgehead atoms. The first kappa shape index (κ1) is 31.3. The smallest absolute Gasteiger partial charge is 0.222 e. The van der Waals surface area contributed by atoms with Crippen LogP contribution in [0.5, 0.6) is 0 Å². The Kier molecular flexibility index (Phi) is 24.6. The number of nitrogens with one attached hydrogen (secondary N) is 1. The zero-order valence-corrected chi connectivity index (χ0v) is 19.9. The molecule has 0 aromatic rings. The van der Waals surface area contributed by atoms with Crippen LogP contribution in [-0.2, 0) is 28.5 Å². The van der Waals surface area contributed by atoms with E-state index in [1.165, 1.54) is 6.21 Å². The quantitative estimate of drug-likeness (QED) is 0.132. The predicted octanol–water partition coefficient (Wildman–Crippen LogP) is 1.22. The summed E-state index contributed by atoms with van der Waals surface area (Å²) in [4.78, 5) is 26.7. The van der Waals surface area contributed by atoms with Crippen molar-refractivity contribution in [2.75, 3.05) is 65.9 Å². The number of Topliss-reactive ketones (excluding diaryl/α,β-unsaturated/α-hetero) is 1. The average molecular weight is 447 g/mol. The molecule has 0 fully saturated rings. The topological polar surface area (TPSA) is 134 Å². The Morgan fingerprint density at radius 1 is 0.935 bits per heavy atom. The number of rotatable bonds is 19. The third-order valence-electron chi connectivity index (χ3n) is 3.51. The van der Waals surface area contributed by atoms with Crippen LogP contribution in [0.2, 0.25) is 0 Å². The SMILES string of the molecule is CC.CCNC(=O)CCOCCOCCOCCOC/C(C=NCC(=O)C(C)C)=N/N. The monoisotopic (exact) mass is 446 g/mol. The van der Waals surface area contributed by atoms with Crippen LogP contribution in [0.25, 0.3) is 0 Å². The number of carbonyl (C=O) groups is 2. The van der Waals surface area contributed by atoms with Gasteiger partial charge in [0, 0.05) is 25.1 Å². The van der Waals surface area contributed by atoms with Crippen molar-refractivity contribution in [1.29, 1.82) is 0 Å². The largest absolute Gasteiger partial charge is 0.379 e. The zero-order valence-electron chi connectivity index (χ0n) is 19.9. The number of ketones is 1. The van der Waals surface area contributed by atoms with Crippen molar-refractivity contribution in [3.8, 4) is 0 Å². The number of aliphatic imine (C=N–C) groups is 1. The Hall–Kier alpha value is -1.88. The molecule has 0 rings (SSSR count). The maximum Gasteiger partial charge on any atom is 0.222 e. The fourth-order valence-electron chi connectivity index (χ4n) is 1.82. The molecule has 10 heteroatoms. The summed E-state index contributed by atoms with van der Waals surface area (Å²) in [6.45, 7) is 13.4. The van der Waals surface area contributed by atoms with Crippen LogP contribution in [0.4, 0.5) is 0 Å². The minimum Gasteiger partial charge on any atom is -0.379 e. The second kappa shape index (κ2) is 24.4. The fraction of sp³-hybridized carbons (Fsp3) is 0.810. The number of nitrogens with two attached hydrogens (primary N) is 1. The van der Waals surface area contributed by atoms with Gasteiger partial charge in [0.1, 0.15) is 5.71 Å². The third kappa shape index (κ3) is 22.6. The van der Waals surface area contributed by atoms with Gasteiger partial charge in [-0.2, -0.15) is 5.10 Å². The molecular formula is C21H42N4O6. The molecule has 0 saturated carbocycles. The van der Waals surface area contributed by atoms with Crippen LogP contribution < -0.4 is 11.2 Å². The van der Waals surface area contributed by atoms with Crippen molar-refractivity contribution in [3.63, 3.8) is 0 Å². The first-order chi connectivity index (χ1) is 15.0. The van der Waals surface area contributed by atoms with Crippen LogP contribution >= 0.6 is 0 Å². The van der Waals surface area contributed by atoms with E-state index in [-0.39, 0.29) is 30.8 Å². The highest BCUT2D eigenvalue weighted by molar-refractivity contribution is 6.31. The van der Waals surface area contributed by atoms with Gasteiger partial charge < -0.3 is 30.1 Å². The fourth-order valence-corrected chi connectivity index (χ4v) is 1.82. The molecule has 182 valence electrons. The standard InChI is InChI=1S/C19H36N4O6.C2H6/c1-4-22-19(25)5-6-26-7-8-27-9-10-28-11-12-29-15-17(23-20)13-21-14-18(24)16(2)3;1-2/h13,16H,4-12,14-15,20H2,1-3H3,(H,22,25);1-2H3/b21-13?,23-17+;. The molecule has 0 aliphatic carbocycles. The Morgan fingerprint density at radius 2 is 1.45 bits per heavy atom. The summed E-state index contributed by atoms with van der Waals surface area (Å²) < 4.78 is 21.4. The number of hydrogen-bond donors (Lipinski definition) is 2. The number of nitrogens with zero attached hydrogens (tertiary/aromatic N) is 2. The first-order valence-electron chi connectivity index (χ1n) is 10.9. The second-order valence-corrected chi connectivity index (χ2v) is 6.30. The van der Waals surface area contributed by atoms with Crippen LogP contribution in [0, 0.1) is 5.92 Å². The van der Waals surface area contributed by atoms with Gasteiger partial charge in [-0.25, -0.2) is 0 Å². The summed E-state index contributed by atoms with van der Waals surface area (Å²) >= 11 is 0. The molecule has 0 spiro atoms. The molecule has 0 unspecified atom stereocenters. The van der Waals surface area contributed by atoms with Crippen molar-refractivity contribution < 1.29 is 28.5 Å². The van der Waals surface area contributed by atoms with Crippen molar-refractivity contribution in [3.05, 3.63) is 0 Å². The van der Waals surface area contributed by atoms with Gasteiger partial charge in [0.25, 0.3) is 0 Å². The number of amides is 1. The molecule has 0 heterocycles. The van der Waals surface area contributed by atoms with Crippen molar-refractivity contribution in [1.82, 2.24) is 5.32 Å². The van der Waals surface area contributed by atoms with Crippen LogP contribution in [-0.4, -0.2) is 89.6 Å². The molecule has 0 saturated heterocycles. The lowest BCUT2D eigenvalue weighted by Crippen LogP contribution is -2.24. The zero-order chi connectivity index (χ0) is 23.7. The molecule has 0 aromatic carbocycles. The molecular weight excluding hydrogens is 404 g/mol. The van der Waals surface area contributed by atoms with Gasteiger partial charge in [0.2, 0.25) is 5.91 Å². The van der Waals surface area contributed by atoms with Crippen LogP contribution in [0.15, 0.2) is 10.1 Å². The summed E-state index contributed by atoms with van der Waals surface area (Å²) in [6.07, 6.45) is 1.81. The summed E-state index contributed by atoms with van der Waals surface area (Å²) in [5.74, 6) is 5.27. The highest BCUT2D eigenvalue weighted by Gasteiger charge is 2.05. The highest BCUT2D eigenvalue weighted by Crippen LogP contribution is 1.93. The van der Waals surface area contributed by atoms with Gasteiger partial charge >= 0.3 is 0 Å². The molecule has 31 heavy (non-hydrogen) atoms. The number of hydrazone groups is 1. The molecule has 0 aromatic heterocycles. The number of carbonyl (C=O) groups excluding carboxylic acids is 2. The summed E-state index contributed by atoms with van der Waals surface area (Å²) in [7, 11) is 0. The number of ether oxygens (including phenoxy) is 4. The van der Waals surface area contributed by atoms with E-state index in [4.69, 9.17) is 24.8 Å². The van der Waals surface area contributed by atoms with E-state index < -0.39 is 0 Å². The van der Waals surface area contributed by atoms with E-state index in [9.17, 15) is 9.59 Å². The van der Waals surface area contributed by atoms with Crippen molar-refractivity contribution in [2.24, 2.45) is 21.9 Å². The van der Waals surface area contributed by atoms with E-state index >= 15 is 0 Å².